The van der Waals surface area contributed by atoms with Gasteiger partial charge in [0.15, 0.2) is 0 Å². The topological polar surface area (TPSA) is 61.5 Å². The highest BCUT2D eigenvalue weighted by Crippen LogP contribution is 2.14. The maximum atomic E-state index is 11.6. The summed E-state index contributed by atoms with van der Waals surface area (Å²) in [4.78, 5) is 10.7. The Hall–Kier alpha value is -0.820. The van der Waals surface area contributed by atoms with Gasteiger partial charge in [-0.25, -0.2) is 0 Å². The monoisotopic (exact) mass is 215 g/mol. The number of hydrogen-bond acceptors (Lipinski definition) is 4. The number of carbonyl (C=O) groups excluding carboxylic acids is 1. The summed E-state index contributed by atoms with van der Waals surface area (Å²) in [7, 11) is 1.15. The van der Waals surface area contributed by atoms with Crippen LogP contribution in [0.3, 0.4) is 0 Å². The summed E-state index contributed by atoms with van der Waals surface area (Å²) >= 11 is 0. The van der Waals surface area contributed by atoms with Gasteiger partial charge in [-0.3, -0.25) is 4.79 Å². The minimum atomic E-state index is -4.35. The van der Waals surface area contributed by atoms with Crippen molar-refractivity contribution in [3.05, 3.63) is 0 Å². The zero-order chi connectivity index (χ0) is 11.2. The highest BCUT2D eigenvalue weighted by atomic mass is 19.4. The first kappa shape index (κ1) is 13.2. The molecule has 14 heavy (non-hydrogen) atoms. The van der Waals surface area contributed by atoms with Crippen LogP contribution in [0.5, 0.6) is 0 Å². The molecule has 0 bridgehead atoms. The SMILES string of the molecule is COC(=O)[C@@H](N)CCOCC(F)(F)F. The summed E-state index contributed by atoms with van der Waals surface area (Å²) in [5.41, 5.74) is 5.24. The Morgan fingerprint density at radius 3 is 2.50 bits per heavy atom. The van der Waals surface area contributed by atoms with Crippen LogP contribution < -0.4 is 5.73 Å². The maximum absolute atomic E-state index is 11.6. The Bertz CT molecular complexity index is 184. The van der Waals surface area contributed by atoms with Gasteiger partial charge in [-0.15, -0.1) is 0 Å². The number of nitrogens with two attached hydrogens (primary N) is 1. The number of esters is 1. The molecule has 0 aliphatic heterocycles. The van der Waals surface area contributed by atoms with E-state index in [-0.39, 0.29) is 13.0 Å². The first-order chi connectivity index (χ1) is 6.37. The molecule has 0 aliphatic carbocycles. The molecular weight excluding hydrogens is 203 g/mol. The minimum absolute atomic E-state index is 0.00273. The van der Waals surface area contributed by atoms with Crippen LogP contribution in [0.2, 0.25) is 0 Å². The third-order valence-corrected chi connectivity index (χ3v) is 1.34. The molecule has 0 fully saturated rings. The maximum Gasteiger partial charge on any atom is 0.411 e. The number of carbonyl (C=O) groups is 1. The fourth-order valence-corrected chi connectivity index (χ4v) is 0.667. The van der Waals surface area contributed by atoms with E-state index < -0.39 is 24.8 Å². The number of hydrogen-bond donors (Lipinski definition) is 1. The van der Waals surface area contributed by atoms with Gasteiger partial charge >= 0.3 is 12.1 Å². The molecular formula is C7H12F3NO3. The first-order valence-corrected chi connectivity index (χ1v) is 3.84. The Balaban J connectivity index is 3.50. The van der Waals surface area contributed by atoms with Crippen molar-refractivity contribution >= 4 is 5.97 Å². The second kappa shape index (κ2) is 5.82. The third-order valence-electron chi connectivity index (χ3n) is 1.34. The number of halogens is 3. The molecule has 0 unspecified atom stereocenters. The Morgan fingerprint density at radius 2 is 2.07 bits per heavy atom. The lowest BCUT2D eigenvalue weighted by Crippen LogP contribution is -2.33. The van der Waals surface area contributed by atoms with Gasteiger partial charge in [0.2, 0.25) is 0 Å². The van der Waals surface area contributed by atoms with E-state index in [1.165, 1.54) is 0 Å². The number of ether oxygens (including phenoxy) is 2. The van der Waals surface area contributed by atoms with E-state index in [1.807, 2.05) is 0 Å². The Morgan fingerprint density at radius 1 is 1.50 bits per heavy atom. The van der Waals surface area contributed by atoms with Crippen molar-refractivity contribution in [1.29, 1.82) is 0 Å². The molecule has 7 heteroatoms. The van der Waals surface area contributed by atoms with E-state index >= 15 is 0 Å². The molecule has 0 aliphatic rings. The van der Waals surface area contributed by atoms with Crippen LogP contribution in [0.25, 0.3) is 0 Å². The molecule has 0 rings (SSSR count). The molecule has 0 spiro atoms. The molecule has 4 nitrogen and oxygen atoms in total. The van der Waals surface area contributed by atoms with E-state index in [2.05, 4.69) is 9.47 Å². The van der Waals surface area contributed by atoms with Gasteiger partial charge in [0.05, 0.1) is 7.11 Å². The van der Waals surface area contributed by atoms with E-state index in [9.17, 15) is 18.0 Å². The van der Waals surface area contributed by atoms with E-state index in [0.29, 0.717) is 0 Å². The van der Waals surface area contributed by atoms with Crippen LogP contribution >= 0.6 is 0 Å². The largest absolute Gasteiger partial charge is 0.468 e. The van der Waals surface area contributed by atoms with Crippen molar-refractivity contribution in [2.45, 2.75) is 18.6 Å². The lowest BCUT2D eigenvalue weighted by atomic mass is 10.2. The minimum Gasteiger partial charge on any atom is -0.468 e. The zero-order valence-electron chi connectivity index (χ0n) is 7.63. The highest BCUT2D eigenvalue weighted by Gasteiger charge is 2.27. The molecule has 0 amide bonds. The quantitative estimate of drug-likeness (QED) is 0.534. The van der Waals surface area contributed by atoms with Crippen LogP contribution in [0.1, 0.15) is 6.42 Å². The summed E-state index contributed by atoms with van der Waals surface area (Å²) in [5, 5.41) is 0. The van der Waals surface area contributed by atoms with Crippen LogP contribution in [0.15, 0.2) is 0 Å². The molecule has 2 N–H and O–H groups in total. The molecule has 84 valence electrons. The average molecular weight is 215 g/mol. The predicted octanol–water partition coefficient (Wildman–Crippen LogP) is 0.456. The van der Waals surface area contributed by atoms with Gasteiger partial charge in [-0.1, -0.05) is 0 Å². The molecule has 0 aromatic carbocycles. The Labute approximate surface area is 79.2 Å². The highest BCUT2D eigenvalue weighted by molar-refractivity contribution is 5.75. The van der Waals surface area contributed by atoms with Crippen molar-refractivity contribution in [3.63, 3.8) is 0 Å². The second-order valence-electron chi connectivity index (χ2n) is 2.59. The van der Waals surface area contributed by atoms with Crippen molar-refractivity contribution in [2.24, 2.45) is 5.73 Å². The third kappa shape index (κ3) is 6.67. The van der Waals surface area contributed by atoms with Crippen LogP contribution in [0.4, 0.5) is 13.2 Å². The van der Waals surface area contributed by atoms with Gasteiger partial charge in [0, 0.05) is 6.61 Å². The van der Waals surface area contributed by atoms with Gasteiger partial charge in [-0.05, 0) is 6.42 Å². The van der Waals surface area contributed by atoms with Gasteiger partial charge < -0.3 is 15.2 Å². The molecule has 0 aromatic heterocycles. The smallest absolute Gasteiger partial charge is 0.411 e. The van der Waals surface area contributed by atoms with Crippen LogP contribution in [-0.2, 0) is 14.3 Å². The van der Waals surface area contributed by atoms with Crippen LogP contribution in [-0.4, -0.2) is 38.5 Å². The molecule has 0 heterocycles. The summed E-state index contributed by atoms with van der Waals surface area (Å²) in [6.07, 6.45) is -4.35. The number of methoxy groups -OCH3 is 1. The average Bonchev–Trinajstić information content (AvgIpc) is 2.09. The van der Waals surface area contributed by atoms with Gasteiger partial charge in [0.1, 0.15) is 12.6 Å². The first-order valence-electron chi connectivity index (χ1n) is 3.84. The van der Waals surface area contributed by atoms with Crippen molar-refractivity contribution in [1.82, 2.24) is 0 Å². The standard InChI is InChI=1S/C7H12F3NO3/c1-13-6(12)5(11)2-3-14-4-7(8,9)10/h5H,2-4,11H2,1H3/t5-/m0/s1. The molecule has 0 radical (unpaired) electrons. The lowest BCUT2D eigenvalue weighted by molar-refractivity contribution is -0.174. The lowest BCUT2D eigenvalue weighted by Gasteiger charge is -2.10. The van der Waals surface area contributed by atoms with Gasteiger partial charge in [-0.2, -0.15) is 13.2 Å². The normalized spacial score (nSPS) is 13.8. The van der Waals surface area contributed by atoms with Crippen LogP contribution in [0, 0.1) is 0 Å². The fourth-order valence-electron chi connectivity index (χ4n) is 0.667. The van der Waals surface area contributed by atoms with Crippen molar-refractivity contribution in [3.8, 4) is 0 Å². The molecule has 0 saturated heterocycles. The zero-order valence-corrected chi connectivity index (χ0v) is 7.63. The van der Waals surface area contributed by atoms with E-state index in [4.69, 9.17) is 5.73 Å². The molecule has 1 atom stereocenters. The summed E-state index contributed by atoms with van der Waals surface area (Å²) in [6.45, 7) is -1.56. The van der Waals surface area contributed by atoms with Crippen molar-refractivity contribution < 1.29 is 27.4 Å². The van der Waals surface area contributed by atoms with Crippen molar-refractivity contribution in [2.75, 3.05) is 20.3 Å². The molecule has 0 aromatic rings. The summed E-state index contributed by atoms with van der Waals surface area (Å²) < 4.78 is 43.2. The fraction of sp³-hybridized carbons (Fsp3) is 0.857. The molecule has 0 saturated carbocycles. The van der Waals surface area contributed by atoms with Gasteiger partial charge in [0.25, 0.3) is 0 Å². The van der Waals surface area contributed by atoms with E-state index in [1.54, 1.807) is 0 Å². The number of rotatable bonds is 5. The number of alkyl halides is 3. The summed E-state index contributed by atoms with van der Waals surface area (Å²) in [5.74, 6) is -0.666. The second-order valence-corrected chi connectivity index (χ2v) is 2.59. The predicted molar refractivity (Wildman–Crippen MR) is 41.5 cm³/mol. The summed E-state index contributed by atoms with van der Waals surface area (Å²) in [6, 6.07) is -0.937. The Kier molecular flexibility index (Phi) is 5.47. The van der Waals surface area contributed by atoms with E-state index in [0.717, 1.165) is 7.11 Å².